The third-order valence-corrected chi connectivity index (χ3v) is 9.26. The van der Waals surface area contributed by atoms with Gasteiger partial charge in [-0.2, -0.15) is 0 Å². The molecule has 0 unspecified atom stereocenters. The summed E-state index contributed by atoms with van der Waals surface area (Å²) in [6.07, 6.45) is 6.20. The number of fused-ring (bicyclic) bond motifs is 3. The van der Waals surface area contributed by atoms with Crippen molar-refractivity contribution in [3.63, 3.8) is 0 Å². The quantitative estimate of drug-likeness (QED) is 0.262. The van der Waals surface area contributed by atoms with Gasteiger partial charge in [0, 0.05) is 17.0 Å². The number of hydrogen-bond donors (Lipinski definition) is 1. The molecule has 0 saturated carbocycles. The minimum absolute atomic E-state index is 0.0571. The molecule has 8 heteroatoms. The van der Waals surface area contributed by atoms with Gasteiger partial charge in [-0.05, 0) is 84.2 Å². The van der Waals surface area contributed by atoms with E-state index < -0.39 is 5.82 Å². The summed E-state index contributed by atoms with van der Waals surface area (Å²) in [6, 6.07) is 13.9. The van der Waals surface area contributed by atoms with Gasteiger partial charge in [0.1, 0.15) is 0 Å². The van der Waals surface area contributed by atoms with E-state index in [0.717, 1.165) is 22.6 Å². The highest BCUT2D eigenvalue weighted by Crippen LogP contribution is 2.51. The Labute approximate surface area is 236 Å². The number of pyridine rings is 1. The summed E-state index contributed by atoms with van der Waals surface area (Å²) < 4.78 is 20.4. The second-order valence-electron chi connectivity index (χ2n) is 10.7. The standard InChI is InChI=1S/C32H31FN2O4S/c1-2-20-16-23-30(32(38)35(31(23)37)17-22-6-5-13-40-22)24-18-39-28(29(20)24)11-9-21(26-7-3-4-12-34-26)14-19-8-10-27(36)25(33)15-19/h3-8,10,12-15,23-24,28,30,36H,2,9,11,16-18H2,1H3/b21-14-/t23-,24+,28-,30-/m1/s1. The summed E-state index contributed by atoms with van der Waals surface area (Å²) in [5.74, 6) is -1.95. The van der Waals surface area contributed by atoms with Crippen molar-refractivity contribution in [3.05, 3.63) is 93.2 Å². The van der Waals surface area contributed by atoms with Crippen LogP contribution in [0.15, 0.2) is 71.3 Å². The van der Waals surface area contributed by atoms with Crippen molar-refractivity contribution in [2.24, 2.45) is 17.8 Å². The molecule has 0 bridgehead atoms. The minimum atomic E-state index is -0.672. The minimum Gasteiger partial charge on any atom is -0.505 e. The highest BCUT2D eigenvalue weighted by Gasteiger charge is 2.56. The van der Waals surface area contributed by atoms with Crippen LogP contribution in [0.2, 0.25) is 0 Å². The number of allylic oxidation sites excluding steroid dienone is 2. The van der Waals surface area contributed by atoms with Crippen LogP contribution in [-0.4, -0.2) is 39.5 Å². The molecule has 6 rings (SSSR count). The molecule has 206 valence electrons. The number of aromatic nitrogens is 1. The molecule has 1 aliphatic carbocycles. The van der Waals surface area contributed by atoms with Crippen LogP contribution in [0.25, 0.3) is 11.6 Å². The van der Waals surface area contributed by atoms with Crippen LogP contribution in [0, 0.1) is 23.6 Å². The molecule has 0 spiro atoms. The number of imide groups is 1. The van der Waals surface area contributed by atoms with Crippen LogP contribution in [0.5, 0.6) is 5.75 Å². The number of phenolic OH excluding ortho intramolecular Hbond substituents is 1. The maximum atomic E-state index is 14.1. The van der Waals surface area contributed by atoms with Gasteiger partial charge in [-0.3, -0.25) is 19.5 Å². The smallest absolute Gasteiger partial charge is 0.234 e. The molecule has 3 aromatic rings. The van der Waals surface area contributed by atoms with Crippen LogP contribution >= 0.6 is 11.3 Å². The summed E-state index contributed by atoms with van der Waals surface area (Å²) in [7, 11) is 0. The molecule has 1 aromatic carbocycles. The first-order valence-electron chi connectivity index (χ1n) is 13.8. The van der Waals surface area contributed by atoms with Crippen LogP contribution in [0.3, 0.4) is 0 Å². The van der Waals surface area contributed by atoms with Gasteiger partial charge in [0.05, 0.1) is 36.8 Å². The average molecular weight is 559 g/mol. The Kier molecular flexibility index (Phi) is 7.38. The molecule has 4 atom stereocenters. The van der Waals surface area contributed by atoms with Crippen LogP contribution in [0.4, 0.5) is 4.39 Å². The predicted octanol–water partition coefficient (Wildman–Crippen LogP) is 6.24. The fourth-order valence-electron chi connectivity index (χ4n) is 6.52. The summed E-state index contributed by atoms with van der Waals surface area (Å²) in [5.41, 5.74) is 4.78. The van der Waals surface area contributed by atoms with Crippen molar-refractivity contribution < 1.29 is 23.8 Å². The van der Waals surface area contributed by atoms with E-state index in [-0.39, 0.29) is 41.4 Å². The SMILES string of the molecule is CCC1=C2[C@@H](CC/C(=C/c3ccc(O)c(F)c3)c3ccccn3)OC[C@@H]2[C@@H]2C(=O)N(Cc3cccs3)C(=O)[C@@H]2C1. The van der Waals surface area contributed by atoms with Crippen molar-refractivity contribution >= 4 is 34.8 Å². The molecular weight excluding hydrogens is 527 g/mol. The Bertz CT molecular complexity index is 1480. The third-order valence-electron chi connectivity index (χ3n) is 8.40. The van der Waals surface area contributed by atoms with Crippen molar-refractivity contribution in [1.82, 2.24) is 9.88 Å². The van der Waals surface area contributed by atoms with E-state index in [0.29, 0.717) is 38.0 Å². The Morgan fingerprint density at radius 1 is 1.18 bits per heavy atom. The largest absolute Gasteiger partial charge is 0.505 e. The van der Waals surface area contributed by atoms with E-state index in [9.17, 15) is 19.1 Å². The van der Waals surface area contributed by atoms with Crippen molar-refractivity contribution in [3.8, 4) is 5.75 Å². The van der Waals surface area contributed by atoms with Gasteiger partial charge in [-0.25, -0.2) is 4.39 Å². The number of rotatable bonds is 8. The van der Waals surface area contributed by atoms with Gasteiger partial charge in [0.15, 0.2) is 11.6 Å². The number of amides is 2. The number of benzene rings is 1. The van der Waals surface area contributed by atoms with E-state index in [1.165, 1.54) is 28.2 Å². The van der Waals surface area contributed by atoms with Gasteiger partial charge in [0.2, 0.25) is 11.8 Å². The third kappa shape index (κ3) is 4.90. The highest BCUT2D eigenvalue weighted by molar-refractivity contribution is 7.09. The van der Waals surface area contributed by atoms with Crippen LogP contribution < -0.4 is 0 Å². The maximum absolute atomic E-state index is 14.1. The molecule has 2 aromatic heterocycles. The summed E-state index contributed by atoms with van der Waals surface area (Å²) in [6.45, 7) is 2.88. The number of likely N-dealkylation sites (tertiary alicyclic amines) is 1. The number of ether oxygens (including phenoxy) is 1. The summed E-state index contributed by atoms with van der Waals surface area (Å²) >= 11 is 1.56. The Morgan fingerprint density at radius 2 is 2.05 bits per heavy atom. The summed E-state index contributed by atoms with van der Waals surface area (Å²) in [4.78, 5) is 34.0. The molecule has 2 amide bonds. The van der Waals surface area contributed by atoms with E-state index >= 15 is 0 Å². The summed E-state index contributed by atoms with van der Waals surface area (Å²) in [5, 5.41) is 11.6. The number of phenols is 1. The predicted molar refractivity (Wildman–Crippen MR) is 151 cm³/mol. The maximum Gasteiger partial charge on any atom is 0.234 e. The first-order valence-corrected chi connectivity index (χ1v) is 14.6. The lowest BCUT2D eigenvalue weighted by molar-refractivity contribution is -0.140. The molecule has 2 aliphatic heterocycles. The molecule has 3 aliphatic rings. The number of thiophene rings is 1. The van der Waals surface area contributed by atoms with Gasteiger partial charge < -0.3 is 9.84 Å². The zero-order valence-corrected chi connectivity index (χ0v) is 23.1. The van der Waals surface area contributed by atoms with Gasteiger partial charge in [-0.1, -0.05) is 30.7 Å². The van der Waals surface area contributed by atoms with Crippen molar-refractivity contribution in [2.75, 3.05) is 6.61 Å². The fraction of sp³-hybridized carbons (Fsp3) is 0.344. The lowest BCUT2D eigenvalue weighted by atomic mass is 9.69. The zero-order chi connectivity index (χ0) is 27.8. The molecule has 2 saturated heterocycles. The lowest BCUT2D eigenvalue weighted by Crippen LogP contribution is -2.34. The van der Waals surface area contributed by atoms with E-state index in [4.69, 9.17) is 4.74 Å². The second-order valence-corrected chi connectivity index (χ2v) is 11.7. The monoisotopic (exact) mass is 558 g/mol. The Hall–Kier alpha value is -3.62. The number of nitrogens with zero attached hydrogens (tertiary/aromatic N) is 2. The molecule has 2 fully saturated rings. The van der Waals surface area contributed by atoms with Crippen molar-refractivity contribution in [1.29, 1.82) is 0 Å². The average Bonchev–Trinajstić information content (AvgIpc) is 3.69. The lowest BCUT2D eigenvalue weighted by Gasteiger charge is -2.31. The first-order chi connectivity index (χ1) is 19.4. The molecule has 0 radical (unpaired) electrons. The van der Waals surface area contributed by atoms with Crippen molar-refractivity contribution in [2.45, 2.75) is 45.3 Å². The normalized spacial score (nSPS) is 24.6. The van der Waals surface area contributed by atoms with E-state index in [2.05, 4.69) is 11.9 Å². The zero-order valence-electron chi connectivity index (χ0n) is 22.3. The molecule has 4 heterocycles. The molecule has 40 heavy (non-hydrogen) atoms. The number of carbonyl (C=O) groups is 2. The first kappa shape index (κ1) is 26.6. The topological polar surface area (TPSA) is 79.7 Å². The van der Waals surface area contributed by atoms with E-state index in [1.807, 2.05) is 41.8 Å². The number of aromatic hydroxyl groups is 1. The van der Waals surface area contributed by atoms with Gasteiger partial charge in [0.25, 0.3) is 0 Å². The van der Waals surface area contributed by atoms with Crippen LogP contribution in [-0.2, 0) is 20.9 Å². The molecular formula is C32H31FN2O4S. The Balaban J connectivity index is 1.25. The molecule has 6 nitrogen and oxygen atoms in total. The number of halogens is 1. The number of hydrogen-bond acceptors (Lipinski definition) is 6. The van der Waals surface area contributed by atoms with E-state index in [1.54, 1.807) is 23.6 Å². The van der Waals surface area contributed by atoms with Gasteiger partial charge >= 0.3 is 0 Å². The fourth-order valence-corrected chi connectivity index (χ4v) is 7.21. The van der Waals surface area contributed by atoms with Crippen LogP contribution in [0.1, 0.15) is 48.7 Å². The second kappa shape index (κ2) is 11.1. The number of carbonyl (C=O) groups excluding carboxylic acids is 2. The highest BCUT2D eigenvalue weighted by atomic mass is 32.1. The Morgan fingerprint density at radius 3 is 2.77 bits per heavy atom. The molecule has 1 N–H and O–H groups in total. The van der Waals surface area contributed by atoms with Gasteiger partial charge in [-0.15, -0.1) is 11.3 Å².